The maximum Gasteiger partial charge on any atom is 0.305 e. The third-order valence-corrected chi connectivity index (χ3v) is 4.22. The second-order valence-electron chi connectivity index (χ2n) is 3.73. The van der Waals surface area contributed by atoms with Crippen molar-refractivity contribution < 1.29 is 18.6 Å². The molecule has 0 spiro atoms. The van der Waals surface area contributed by atoms with E-state index in [2.05, 4.69) is 9.64 Å². The molecule has 0 bridgehead atoms. The zero-order valence-corrected chi connectivity index (χ0v) is 9.83. The van der Waals surface area contributed by atoms with E-state index in [1.807, 2.05) is 0 Å². The van der Waals surface area contributed by atoms with E-state index in [0.717, 1.165) is 13.0 Å². The third-order valence-electron chi connectivity index (χ3n) is 2.55. The van der Waals surface area contributed by atoms with E-state index in [0.29, 0.717) is 31.0 Å². The molecule has 0 aromatic rings. The van der Waals surface area contributed by atoms with Crippen LogP contribution in [0.4, 0.5) is 0 Å². The lowest BCUT2D eigenvalue weighted by molar-refractivity contribution is -0.140. The van der Waals surface area contributed by atoms with Crippen molar-refractivity contribution in [2.75, 3.05) is 38.2 Å². The largest absolute Gasteiger partial charge is 0.469 e. The van der Waals surface area contributed by atoms with E-state index in [-0.39, 0.29) is 5.97 Å². The Balaban J connectivity index is 2.11. The highest BCUT2D eigenvalue weighted by molar-refractivity contribution is 8.24. The molecule has 0 saturated carbocycles. The summed E-state index contributed by atoms with van der Waals surface area (Å²) in [5.41, 5.74) is 0. The van der Waals surface area contributed by atoms with Gasteiger partial charge in [-0.25, -0.2) is 0 Å². The zero-order chi connectivity index (χ0) is 11.3. The number of rotatable bonds is 4. The minimum atomic E-state index is -2.29. The number of hydrogen-bond acceptors (Lipinski definition) is 5. The normalized spacial score (nSPS) is 23.4. The molecule has 90 valence electrons. The molecule has 1 saturated heterocycles. The first-order valence-electron chi connectivity index (χ1n) is 5.06. The Morgan fingerprint density at radius 3 is 2.53 bits per heavy atom. The topological polar surface area (TPSA) is 70.0 Å². The molecule has 0 aliphatic carbocycles. The van der Waals surface area contributed by atoms with E-state index in [4.69, 9.17) is 0 Å². The average molecular weight is 237 g/mol. The molecule has 1 fully saturated rings. The van der Waals surface area contributed by atoms with Crippen LogP contribution in [0.2, 0.25) is 0 Å². The Kier molecular flexibility index (Phi) is 4.85. The van der Waals surface area contributed by atoms with E-state index in [1.54, 1.807) is 0 Å². The smallest absolute Gasteiger partial charge is 0.305 e. The van der Waals surface area contributed by atoms with Gasteiger partial charge in [-0.15, -0.1) is 0 Å². The molecule has 0 aromatic heterocycles. The molecule has 2 N–H and O–H groups in total. The highest BCUT2D eigenvalue weighted by atomic mass is 32.3. The van der Waals surface area contributed by atoms with E-state index in [1.165, 1.54) is 7.11 Å². The minimum Gasteiger partial charge on any atom is -0.469 e. The zero-order valence-electron chi connectivity index (χ0n) is 9.02. The van der Waals surface area contributed by atoms with Gasteiger partial charge in [0, 0.05) is 19.5 Å². The summed E-state index contributed by atoms with van der Waals surface area (Å²) in [6, 6.07) is 0. The predicted octanol–water partition coefficient (Wildman–Crippen LogP) is 1.01. The molecular formula is C9H19NO4S. The molecule has 1 aliphatic heterocycles. The van der Waals surface area contributed by atoms with Crippen molar-refractivity contribution in [1.82, 2.24) is 4.90 Å². The molecular weight excluding hydrogens is 218 g/mol. The summed E-state index contributed by atoms with van der Waals surface area (Å²) in [4.78, 5) is 13.0. The lowest BCUT2D eigenvalue weighted by atomic mass is 10.3. The standard InChI is InChI=1S/C9H19NO4S/c1-14-9(11)3-2-4-10-5-7-15(12,13)8-6-10/h12-13H,2-8H2,1H3. The van der Waals surface area contributed by atoms with Crippen LogP contribution in [0.25, 0.3) is 0 Å². The van der Waals surface area contributed by atoms with Gasteiger partial charge in [0.25, 0.3) is 0 Å². The van der Waals surface area contributed by atoms with Gasteiger partial charge in [0.2, 0.25) is 0 Å². The predicted molar refractivity (Wildman–Crippen MR) is 60.3 cm³/mol. The molecule has 1 heterocycles. The highest BCUT2D eigenvalue weighted by Crippen LogP contribution is 2.40. The molecule has 0 aromatic carbocycles. The summed E-state index contributed by atoms with van der Waals surface area (Å²) >= 11 is 0. The summed E-state index contributed by atoms with van der Waals surface area (Å²) in [7, 11) is -0.908. The van der Waals surface area contributed by atoms with Crippen molar-refractivity contribution in [3.05, 3.63) is 0 Å². The van der Waals surface area contributed by atoms with Crippen molar-refractivity contribution in [2.45, 2.75) is 12.8 Å². The second-order valence-corrected chi connectivity index (χ2v) is 6.15. The first kappa shape index (κ1) is 12.8. The lowest BCUT2D eigenvalue weighted by Crippen LogP contribution is -2.38. The van der Waals surface area contributed by atoms with Crippen LogP contribution in [0.3, 0.4) is 0 Å². The Morgan fingerprint density at radius 2 is 2.00 bits per heavy atom. The van der Waals surface area contributed by atoms with Crippen molar-refractivity contribution >= 4 is 16.6 Å². The summed E-state index contributed by atoms with van der Waals surface area (Å²) in [5.74, 6) is 0.743. The fourth-order valence-corrected chi connectivity index (χ4v) is 2.84. The summed E-state index contributed by atoms with van der Waals surface area (Å²) in [6.07, 6.45) is 1.20. The Hall–Kier alpha value is -0.300. The van der Waals surface area contributed by atoms with Crippen molar-refractivity contribution in [3.63, 3.8) is 0 Å². The maximum absolute atomic E-state index is 10.8. The quantitative estimate of drug-likeness (QED) is 0.714. The SMILES string of the molecule is COC(=O)CCCN1CCS(O)(O)CC1. The second kappa shape index (κ2) is 5.69. The van der Waals surface area contributed by atoms with Crippen LogP contribution in [-0.4, -0.2) is 58.2 Å². The van der Waals surface area contributed by atoms with Crippen LogP contribution in [0.15, 0.2) is 0 Å². The Morgan fingerprint density at radius 1 is 1.40 bits per heavy atom. The number of esters is 1. The molecule has 1 aliphatic rings. The van der Waals surface area contributed by atoms with Gasteiger partial charge in [0.1, 0.15) is 0 Å². The van der Waals surface area contributed by atoms with Gasteiger partial charge >= 0.3 is 5.97 Å². The Bertz CT molecular complexity index is 212. The first-order valence-corrected chi connectivity index (χ1v) is 6.95. The minimum absolute atomic E-state index is 0.184. The van der Waals surface area contributed by atoms with Gasteiger partial charge in [-0.2, -0.15) is 10.6 Å². The van der Waals surface area contributed by atoms with Crippen LogP contribution in [0.5, 0.6) is 0 Å². The fourth-order valence-electron chi connectivity index (χ4n) is 1.54. The van der Waals surface area contributed by atoms with Gasteiger partial charge in [0.15, 0.2) is 0 Å². The molecule has 15 heavy (non-hydrogen) atoms. The van der Waals surface area contributed by atoms with Gasteiger partial charge in [-0.3, -0.25) is 13.9 Å². The summed E-state index contributed by atoms with van der Waals surface area (Å²) in [6.45, 7) is 2.25. The van der Waals surface area contributed by atoms with Crippen LogP contribution >= 0.6 is 10.6 Å². The number of methoxy groups -OCH3 is 1. The summed E-state index contributed by atoms with van der Waals surface area (Å²) < 4.78 is 23.3. The fraction of sp³-hybridized carbons (Fsp3) is 0.889. The Labute approximate surface area is 91.8 Å². The monoisotopic (exact) mass is 237 g/mol. The van der Waals surface area contributed by atoms with E-state index < -0.39 is 10.6 Å². The van der Waals surface area contributed by atoms with Crippen molar-refractivity contribution in [2.24, 2.45) is 0 Å². The number of ether oxygens (including phenoxy) is 1. The maximum atomic E-state index is 10.8. The molecule has 6 heteroatoms. The van der Waals surface area contributed by atoms with E-state index in [9.17, 15) is 13.9 Å². The van der Waals surface area contributed by atoms with Crippen molar-refractivity contribution in [3.8, 4) is 0 Å². The van der Waals surface area contributed by atoms with Crippen LogP contribution < -0.4 is 0 Å². The third kappa shape index (κ3) is 4.83. The molecule has 0 radical (unpaired) electrons. The molecule has 5 nitrogen and oxygen atoms in total. The number of hydrogen-bond donors (Lipinski definition) is 2. The molecule has 0 unspecified atom stereocenters. The molecule has 0 amide bonds. The van der Waals surface area contributed by atoms with Gasteiger partial charge in [-0.1, -0.05) is 0 Å². The van der Waals surface area contributed by atoms with E-state index >= 15 is 0 Å². The number of carbonyl (C=O) groups is 1. The van der Waals surface area contributed by atoms with Crippen molar-refractivity contribution in [1.29, 1.82) is 0 Å². The molecule has 0 atom stereocenters. The van der Waals surface area contributed by atoms with Gasteiger partial charge in [0.05, 0.1) is 18.6 Å². The van der Waals surface area contributed by atoms with Crippen LogP contribution in [0, 0.1) is 0 Å². The first-order chi connectivity index (χ1) is 7.03. The van der Waals surface area contributed by atoms with Gasteiger partial charge < -0.3 is 9.64 Å². The average Bonchev–Trinajstić information content (AvgIpc) is 2.20. The lowest BCUT2D eigenvalue weighted by Gasteiger charge is -2.40. The van der Waals surface area contributed by atoms with Crippen LogP contribution in [-0.2, 0) is 9.53 Å². The van der Waals surface area contributed by atoms with Gasteiger partial charge in [-0.05, 0) is 13.0 Å². The summed E-state index contributed by atoms with van der Waals surface area (Å²) in [5, 5.41) is 0. The highest BCUT2D eigenvalue weighted by Gasteiger charge is 2.21. The molecule has 1 rings (SSSR count). The number of nitrogens with zero attached hydrogens (tertiary/aromatic N) is 1. The number of carbonyl (C=O) groups excluding carboxylic acids is 1. The van der Waals surface area contributed by atoms with Crippen LogP contribution in [0.1, 0.15) is 12.8 Å².